The second-order valence-corrected chi connectivity index (χ2v) is 1.69. The Morgan fingerprint density at radius 1 is 1.88 bits per heavy atom. The maximum Gasteiger partial charge on any atom is 0.0576 e. The van der Waals surface area contributed by atoms with Gasteiger partial charge >= 0.3 is 0 Å². The third-order valence-corrected chi connectivity index (χ3v) is 1.09. The Hall–Kier alpha value is -0.780. The van der Waals surface area contributed by atoms with Crippen LogP contribution >= 0.6 is 0 Å². The van der Waals surface area contributed by atoms with Gasteiger partial charge in [-0.1, -0.05) is 30.4 Å². The van der Waals surface area contributed by atoms with Crippen LogP contribution in [0.2, 0.25) is 0 Å². The van der Waals surface area contributed by atoms with Crippen molar-refractivity contribution in [2.75, 3.05) is 0 Å². The van der Waals surface area contributed by atoms with Crippen LogP contribution in [0.4, 0.5) is 0 Å². The highest BCUT2D eigenvalue weighted by Crippen LogP contribution is 2.10. The summed E-state index contributed by atoms with van der Waals surface area (Å²) in [5.41, 5.74) is 0. The molecule has 0 aromatic carbocycles. The minimum Gasteiger partial charge on any atom is -0.102 e. The van der Waals surface area contributed by atoms with Crippen molar-refractivity contribution >= 4 is 0 Å². The molecule has 0 aliphatic heterocycles. The first-order chi connectivity index (χ1) is 4.66. The quantitative estimate of drug-likeness (QED) is 0.452. The lowest BCUT2D eigenvalue weighted by molar-refractivity contribution is 0.825. The van der Waals surface area contributed by atoms with Gasteiger partial charge in [0.05, 0.1) is 1.37 Å². The second-order valence-electron chi connectivity index (χ2n) is 1.69. The van der Waals surface area contributed by atoms with Gasteiger partial charge in [0.25, 0.3) is 0 Å². The van der Waals surface area contributed by atoms with Crippen LogP contribution in [0, 0.1) is 5.89 Å². The van der Waals surface area contributed by atoms with E-state index in [4.69, 9.17) is 2.74 Å². The predicted octanol–water partition coefficient (Wildman–Crippen LogP) is 2.30. The molecule has 0 fully saturated rings. The summed E-state index contributed by atoms with van der Waals surface area (Å²) >= 11 is 0. The van der Waals surface area contributed by atoms with Crippen molar-refractivity contribution in [2.24, 2.45) is 5.89 Å². The van der Waals surface area contributed by atoms with Gasteiger partial charge in [-0.15, -0.1) is 6.58 Å². The summed E-state index contributed by atoms with van der Waals surface area (Å²) in [6, 6.07) is 0.498. The smallest absolute Gasteiger partial charge is 0.0576 e. The molecule has 1 atom stereocenters. The van der Waals surface area contributed by atoms with Crippen molar-refractivity contribution in [2.45, 2.75) is 6.42 Å². The fraction of sp³-hybridized carbons (Fsp3) is 0.250. The number of hydrogen-bond acceptors (Lipinski definition) is 0. The Morgan fingerprint density at radius 3 is 3.25 bits per heavy atom. The van der Waals surface area contributed by atoms with Crippen molar-refractivity contribution < 1.29 is 2.74 Å². The highest BCUT2D eigenvalue weighted by molar-refractivity contribution is 5.14. The van der Waals surface area contributed by atoms with Gasteiger partial charge in [0.1, 0.15) is 0 Å². The normalized spacial score (nSPS) is 39.8. The summed E-state index contributed by atoms with van der Waals surface area (Å²) in [4.78, 5) is 0. The first-order valence-electron chi connectivity index (χ1n) is 3.65. The van der Waals surface area contributed by atoms with E-state index >= 15 is 0 Å². The number of allylic oxidation sites excluding steroid dienone is 5. The first-order valence-corrected chi connectivity index (χ1v) is 2.65. The summed E-state index contributed by atoms with van der Waals surface area (Å²) in [6.45, 7) is 3.54. The van der Waals surface area contributed by atoms with Gasteiger partial charge in [0.2, 0.25) is 0 Å². The molecule has 0 amide bonds. The summed E-state index contributed by atoms with van der Waals surface area (Å²) in [7, 11) is 0. The SMILES string of the molecule is [2H]C1=CC=CC([2H])(C=C)C1. The van der Waals surface area contributed by atoms with E-state index in [0.717, 1.165) is 0 Å². The lowest BCUT2D eigenvalue weighted by Gasteiger charge is -2.04. The fourth-order valence-corrected chi connectivity index (χ4v) is 0.616. The largest absolute Gasteiger partial charge is 0.102 e. The van der Waals surface area contributed by atoms with Gasteiger partial charge < -0.3 is 0 Å². The first kappa shape index (κ1) is 3.29. The van der Waals surface area contributed by atoms with E-state index in [9.17, 15) is 0 Å². The standard InChI is InChI=1S/C8H10/c1-2-8-6-4-3-5-7-8/h2-6,8H,1,7H2/i5D,8D. The average molecular weight is 108 g/mol. The van der Waals surface area contributed by atoms with Gasteiger partial charge in [-0.2, -0.15) is 0 Å². The maximum absolute atomic E-state index is 7.63. The minimum atomic E-state index is -0.730. The molecule has 0 saturated heterocycles. The van der Waals surface area contributed by atoms with Crippen molar-refractivity contribution in [3.8, 4) is 0 Å². The molecular weight excluding hydrogens is 96.1 g/mol. The molecule has 0 aromatic heterocycles. The summed E-state index contributed by atoms with van der Waals surface area (Å²) < 4.78 is 14.9. The minimum absolute atomic E-state index is 0.451. The molecule has 1 unspecified atom stereocenters. The van der Waals surface area contributed by atoms with Crippen LogP contribution in [0.15, 0.2) is 36.9 Å². The molecule has 1 aliphatic carbocycles. The summed E-state index contributed by atoms with van der Waals surface area (Å²) in [5, 5.41) is 0. The third kappa shape index (κ3) is 1.09. The molecule has 1 rings (SSSR count). The Balaban J connectivity index is 2.80. The van der Waals surface area contributed by atoms with Crippen LogP contribution in [0.25, 0.3) is 0 Å². The van der Waals surface area contributed by atoms with Crippen molar-refractivity contribution in [1.29, 1.82) is 0 Å². The topological polar surface area (TPSA) is 0 Å². The molecule has 8 heavy (non-hydrogen) atoms. The zero-order valence-corrected chi connectivity index (χ0v) is 4.72. The lowest BCUT2D eigenvalue weighted by atomic mass is 10.0. The van der Waals surface area contributed by atoms with Crippen molar-refractivity contribution in [3.05, 3.63) is 36.9 Å². The molecule has 0 aromatic rings. The van der Waals surface area contributed by atoms with E-state index < -0.39 is 5.89 Å². The average Bonchev–Trinajstić information content (AvgIpc) is 1.88. The molecule has 0 heteroatoms. The Bertz CT molecular complexity index is 203. The van der Waals surface area contributed by atoms with E-state index in [-0.39, 0.29) is 0 Å². The molecule has 0 radical (unpaired) electrons. The van der Waals surface area contributed by atoms with E-state index in [1.54, 1.807) is 24.3 Å². The summed E-state index contributed by atoms with van der Waals surface area (Å²) in [6.07, 6.45) is 7.20. The molecule has 0 N–H and O–H groups in total. The molecule has 0 spiro atoms. The molecule has 0 bridgehead atoms. The molecular formula is C8H10. The van der Waals surface area contributed by atoms with Crippen LogP contribution < -0.4 is 0 Å². The van der Waals surface area contributed by atoms with Crippen molar-refractivity contribution in [1.82, 2.24) is 0 Å². The Kier molecular flexibility index (Phi) is 1.03. The molecule has 0 nitrogen and oxygen atoms in total. The molecule has 42 valence electrons. The van der Waals surface area contributed by atoms with Gasteiger partial charge in [0.15, 0.2) is 0 Å². The van der Waals surface area contributed by atoms with E-state index in [0.29, 0.717) is 12.5 Å². The van der Waals surface area contributed by atoms with Gasteiger partial charge in [-0.25, -0.2) is 0 Å². The van der Waals surface area contributed by atoms with Gasteiger partial charge in [-0.05, 0) is 12.3 Å². The number of rotatable bonds is 1. The van der Waals surface area contributed by atoms with Crippen LogP contribution in [0.1, 0.15) is 9.16 Å². The monoisotopic (exact) mass is 108 g/mol. The fourth-order valence-electron chi connectivity index (χ4n) is 0.616. The molecule has 1 aliphatic rings. The number of hydrogen-bond donors (Lipinski definition) is 0. The van der Waals surface area contributed by atoms with E-state index in [1.807, 2.05) is 0 Å². The molecule has 0 heterocycles. The maximum atomic E-state index is 7.63. The third-order valence-electron chi connectivity index (χ3n) is 1.09. The zero-order chi connectivity index (χ0) is 7.61. The van der Waals surface area contributed by atoms with Crippen LogP contribution in [0.5, 0.6) is 0 Å². The van der Waals surface area contributed by atoms with Crippen LogP contribution in [0.3, 0.4) is 0 Å². The van der Waals surface area contributed by atoms with Crippen LogP contribution in [-0.4, -0.2) is 0 Å². The molecule has 0 saturated carbocycles. The van der Waals surface area contributed by atoms with Crippen LogP contribution in [-0.2, 0) is 0 Å². The van der Waals surface area contributed by atoms with E-state index in [2.05, 4.69) is 6.58 Å². The Labute approximate surface area is 53.0 Å². The van der Waals surface area contributed by atoms with Gasteiger partial charge in [0, 0.05) is 1.37 Å². The summed E-state index contributed by atoms with van der Waals surface area (Å²) in [5.74, 6) is -0.730. The van der Waals surface area contributed by atoms with Gasteiger partial charge in [-0.3, -0.25) is 0 Å². The van der Waals surface area contributed by atoms with Crippen molar-refractivity contribution in [3.63, 3.8) is 0 Å². The highest BCUT2D eigenvalue weighted by atomic mass is 14.0. The zero-order valence-electron chi connectivity index (χ0n) is 6.72. The Morgan fingerprint density at radius 2 is 2.75 bits per heavy atom. The van der Waals surface area contributed by atoms with E-state index in [1.165, 1.54) is 0 Å². The predicted molar refractivity (Wildman–Crippen MR) is 36.6 cm³/mol. The second kappa shape index (κ2) is 2.51. The lowest BCUT2D eigenvalue weighted by Crippen LogP contribution is -1.89. The highest BCUT2D eigenvalue weighted by Gasteiger charge is 1.96.